The maximum atomic E-state index is 10.3. The largest absolute Gasteiger partial charge is 0.388 e. The zero-order chi connectivity index (χ0) is 13.5. The lowest BCUT2D eigenvalue weighted by Gasteiger charge is -2.35. The minimum Gasteiger partial charge on any atom is -0.388 e. The molecule has 0 radical (unpaired) electrons. The Morgan fingerprint density at radius 3 is 2.72 bits per heavy atom. The third-order valence-corrected chi connectivity index (χ3v) is 4.72. The number of fused-ring (bicyclic) bond motifs is 1. The molecule has 0 spiro atoms. The highest BCUT2D eigenvalue weighted by molar-refractivity contribution is 5.29. The summed E-state index contributed by atoms with van der Waals surface area (Å²) in [6, 6.07) is 2.63. The van der Waals surface area contributed by atoms with Gasteiger partial charge < -0.3 is 9.67 Å². The third kappa shape index (κ3) is 2.35. The highest BCUT2D eigenvalue weighted by Gasteiger charge is 2.34. The first-order valence-electron chi connectivity index (χ1n) is 7.23. The monoisotopic (exact) mass is 249 g/mol. The van der Waals surface area contributed by atoms with Crippen molar-refractivity contribution in [3.05, 3.63) is 23.5 Å². The summed E-state index contributed by atoms with van der Waals surface area (Å²) < 4.78 is 2.40. The van der Waals surface area contributed by atoms with E-state index >= 15 is 0 Å². The summed E-state index contributed by atoms with van der Waals surface area (Å²) >= 11 is 0. The highest BCUT2D eigenvalue weighted by Crippen LogP contribution is 2.42. The Kier molecular flexibility index (Phi) is 3.59. The van der Waals surface area contributed by atoms with Crippen LogP contribution in [-0.2, 0) is 6.42 Å². The standard InChI is InChI=1S/C16H27NO/c1-6-11(2)12(3)17-8-7-13-14(17)9-16(4,5)10-15(13)18/h7-8,11-12,15,18H,6,9-10H2,1-5H3. The van der Waals surface area contributed by atoms with Gasteiger partial charge in [0.2, 0.25) is 0 Å². The number of rotatable bonds is 3. The molecule has 0 fully saturated rings. The van der Waals surface area contributed by atoms with Crippen LogP contribution in [0, 0.1) is 11.3 Å². The van der Waals surface area contributed by atoms with Crippen molar-refractivity contribution in [2.24, 2.45) is 11.3 Å². The number of aliphatic hydroxyl groups is 1. The van der Waals surface area contributed by atoms with E-state index in [0.29, 0.717) is 12.0 Å². The molecule has 3 unspecified atom stereocenters. The highest BCUT2D eigenvalue weighted by atomic mass is 16.3. The second-order valence-corrected chi connectivity index (χ2v) is 6.81. The zero-order valence-electron chi connectivity index (χ0n) is 12.4. The molecular formula is C16H27NO. The second kappa shape index (κ2) is 4.73. The van der Waals surface area contributed by atoms with Crippen LogP contribution in [0.4, 0.5) is 0 Å². The van der Waals surface area contributed by atoms with Crippen molar-refractivity contribution in [3.8, 4) is 0 Å². The maximum absolute atomic E-state index is 10.3. The average Bonchev–Trinajstić information content (AvgIpc) is 2.69. The van der Waals surface area contributed by atoms with Crippen molar-refractivity contribution in [2.45, 2.75) is 66.0 Å². The zero-order valence-corrected chi connectivity index (χ0v) is 12.4. The Labute approximate surface area is 111 Å². The van der Waals surface area contributed by atoms with Gasteiger partial charge in [-0.15, -0.1) is 0 Å². The molecule has 3 atom stereocenters. The summed E-state index contributed by atoms with van der Waals surface area (Å²) in [5.74, 6) is 0.670. The van der Waals surface area contributed by atoms with Crippen molar-refractivity contribution in [2.75, 3.05) is 0 Å². The van der Waals surface area contributed by atoms with Gasteiger partial charge in [0.05, 0.1) is 6.10 Å². The Morgan fingerprint density at radius 1 is 1.44 bits per heavy atom. The van der Waals surface area contributed by atoms with Crippen LogP contribution in [0.5, 0.6) is 0 Å². The van der Waals surface area contributed by atoms with Gasteiger partial charge in [0.25, 0.3) is 0 Å². The summed E-state index contributed by atoms with van der Waals surface area (Å²) in [5.41, 5.74) is 2.72. The Balaban J connectivity index is 2.36. The van der Waals surface area contributed by atoms with Crippen molar-refractivity contribution in [1.29, 1.82) is 0 Å². The van der Waals surface area contributed by atoms with Gasteiger partial charge in [0.1, 0.15) is 0 Å². The molecule has 1 aromatic heterocycles. The van der Waals surface area contributed by atoms with Crippen molar-refractivity contribution in [3.63, 3.8) is 0 Å². The van der Waals surface area contributed by atoms with Crippen molar-refractivity contribution in [1.82, 2.24) is 4.57 Å². The third-order valence-electron chi connectivity index (χ3n) is 4.72. The predicted molar refractivity (Wildman–Crippen MR) is 75.7 cm³/mol. The Morgan fingerprint density at radius 2 is 2.11 bits per heavy atom. The predicted octanol–water partition coefficient (Wildman–Crippen LogP) is 4.10. The molecule has 0 aliphatic heterocycles. The SMILES string of the molecule is CCC(C)C(C)n1ccc2c1CC(C)(C)CC2O. The first-order valence-corrected chi connectivity index (χ1v) is 7.23. The fourth-order valence-electron chi connectivity index (χ4n) is 3.15. The van der Waals surface area contributed by atoms with E-state index in [2.05, 4.69) is 51.4 Å². The molecule has 0 saturated heterocycles. The normalized spacial score (nSPS) is 25.6. The quantitative estimate of drug-likeness (QED) is 0.857. The summed E-state index contributed by atoms with van der Waals surface area (Å²) in [7, 11) is 0. The first-order chi connectivity index (χ1) is 8.35. The van der Waals surface area contributed by atoms with Gasteiger partial charge in [-0.1, -0.05) is 34.1 Å². The lowest BCUT2D eigenvalue weighted by atomic mass is 9.75. The van der Waals surface area contributed by atoms with E-state index in [0.717, 1.165) is 18.4 Å². The van der Waals surface area contributed by atoms with E-state index in [9.17, 15) is 5.11 Å². The molecule has 0 aromatic carbocycles. The molecule has 1 aliphatic carbocycles. The number of nitrogens with zero attached hydrogens (tertiary/aromatic N) is 1. The fourth-order valence-corrected chi connectivity index (χ4v) is 3.15. The second-order valence-electron chi connectivity index (χ2n) is 6.81. The maximum Gasteiger partial charge on any atom is 0.0812 e. The van der Waals surface area contributed by atoms with Gasteiger partial charge >= 0.3 is 0 Å². The molecule has 2 heteroatoms. The molecule has 102 valence electrons. The van der Waals surface area contributed by atoms with Gasteiger partial charge in [-0.3, -0.25) is 0 Å². The van der Waals surface area contributed by atoms with Crippen LogP contribution in [0.25, 0.3) is 0 Å². The molecule has 2 rings (SSSR count). The van der Waals surface area contributed by atoms with E-state index in [-0.39, 0.29) is 11.5 Å². The first kappa shape index (κ1) is 13.7. The summed E-state index contributed by atoms with van der Waals surface area (Å²) in [6.45, 7) is 11.4. The van der Waals surface area contributed by atoms with E-state index in [1.165, 1.54) is 12.1 Å². The van der Waals surface area contributed by atoms with E-state index < -0.39 is 0 Å². The minimum absolute atomic E-state index is 0.206. The Hall–Kier alpha value is -0.760. The number of hydrogen-bond donors (Lipinski definition) is 1. The summed E-state index contributed by atoms with van der Waals surface area (Å²) in [6.07, 6.45) is 5.04. The molecule has 18 heavy (non-hydrogen) atoms. The molecule has 1 N–H and O–H groups in total. The molecule has 1 aliphatic rings. The van der Waals surface area contributed by atoms with Crippen molar-refractivity contribution < 1.29 is 5.11 Å². The smallest absolute Gasteiger partial charge is 0.0812 e. The summed E-state index contributed by atoms with van der Waals surface area (Å²) in [5, 5.41) is 10.3. The van der Waals surface area contributed by atoms with E-state index in [1.54, 1.807) is 0 Å². The fraction of sp³-hybridized carbons (Fsp3) is 0.750. The molecule has 0 saturated carbocycles. The topological polar surface area (TPSA) is 25.2 Å². The van der Waals surface area contributed by atoms with Gasteiger partial charge in [-0.2, -0.15) is 0 Å². The van der Waals surface area contributed by atoms with Gasteiger partial charge in [0, 0.05) is 23.5 Å². The lowest BCUT2D eigenvalue weighted by molar-refractivity contribution is 0.0970. The van der Waals surface area contributed by atoms with Crippen LogP contribution in [0.1, 0.15) is 70.9 Å². The molecule has 2 nitrogen and oxygen atoms in total. The van der Waals surface area contributed by atoms with Crippen LogP contribution >= 0.6 is 0 Å². The van der Waals surface area contributed by atoms with Crippen LogP contribution in [0.15, 0.2) is 12.3 Å². The van der Waals surface area contributed by atoms with Gasteiger partial charge in [0.15, 0.2) is 0 Å². The van der Waals surface area contributed by atoms with Crippen LogP contribution in [0.3, 0.4) is 0 Å². The number of aromatic nitrogens is 1. The molecule has 0 amide bonds. The minimum atomic E-state index is -0.283. The number of aliphatic hydroxyl groups excluding tert-OH is 1. The van der Waals surface area contributed by atoms with Crippen LogP contribution in [-0.4, -0.2) is 9.67 Å². The molecular weight excluding hydrogens is 222 g/mol. The van der Waals surface area contributed by atoms with Crippen LogP contribution < -0.4 is 0 Å². The van der Waals surface area contributed by atoms with Crippen molar-refractivity contribution >= 4 is 0 Å². The lowest BCUT2D eigenvalue weighted by Crippen LogP contribution is -2.28. The average molecular weight is 249 g/mol. The van der Waals surface area contributed by atoms with E-state index in [4.69, 9.17) is 0 Å². The molecule has 1 heterocycles. The van der Waals surface area contributed by atoms with Gasteiger partial charge in [-0.25, -0.2) is 0 Å². The molecule has 0 bridgehead atoms. The van der Waals surface area contributed by atoms with E-state index in [1.807, 2.05) is 0 Å². The molecule has 1 aromatic rings. The van der Waals surface area contributed by atoms with Gasteiger partial charge in [-0.05, 0) is 37.2 Å². The van der Waals surface area contributed by atoms with Crippen LogP contribution in [0.2, 0.25) is 0 Å². The number of hydrogen-bond acceptors (Lipinski definition) is 1. The Bertz CT molecular complexity index is 419. The summed E-state index contributed by atoms with van der Waals surface area (Å²) in [4.78, 5) is 0.